The second-order valence-corrected chi connectivity index (χ2v) is 9.09. The van der Waals surface area contributed by atoms with Crippen molar-refractivity contribution in [3.63, 3.8) is 0 Å². The standard InChI is InChI=1S/C20H23NO3S/c1-25(23,24)14-16-7-5-8-17(13-16)19(22)21-15-20(11-6-12-20)18-9-3-2-4-10-18/h2-5,7-10,13H,6,11-12,14-15H2,1H3,(H,21,22). The Kier molecular flexibility index (Phi) is 4.95. The molecule has 1 amide bonds. The van der Waals surface area contributed by atoms with Crippen molar-refractivity contribution in [2.45, 2.75) is 30.4 Å². The smallest absolute Gasteiger partial charge is 0.251 e. The highest BCUT2D eigenvalue weighted by Crippen LogP contribution is 2.43. The van der Waals surface area contributed by atoms with Crippen LogP contribution in [0, 0.1) is 0 Å². The van der Waals surface area contributed by atoms with Gasteiger partial charge < -0.3 is 5.32 Å². The van der Waals surface area contributed by atoms with Gasteiger partial charge in [0.25, 0.3) is 5.91 Å². The van der Waals surface area contributed by atoms with E-state index in [1.54, 1.807) is 24.3 Å². The highest BCUT2D eigenvalue weighted by molar-refractivity contribution is 7.89. The highest BCUT2D eigenvalue weighted by atomic mass is 32.2. The van der Waals surface area contributed by atoms with Gasteiger partial charge in [0.15, 0.2) is 9.84 Å². The monoisotopic (exact) mass is 357 g/mol. The first-order valence-corrected chi connectivity index (χ1v) is 10.5. The van der Waals surface area contributed by atoms with E-state index < -0.39 is 9.84 Å². The first-order valence-electron chi connectivity index (χ1n) is 8.48. The number of benzene rings is 2. The number of sulfone groups is 1. The van der Waals surface area contributed by atoms with Gasteiger partial charge in [0.2, 0.25) is 0 Å². The molecule has 0 unspecified atom stereocenters. The predicted octanol–water partition coefficient (Wildman–Crippen LogP) is 3.08. The van der Waals surface area contributed by atoms with Gasteiger partial charge in [0.1, 0.15) is 0 Å². The summed E-state index contributed by atoms with van der Waals surface area (Å²) >= 11 is 0. The van der Waals surface area contributed by atoms with E-state index in [-0.39, 0.29) is 17.1 Å². The number of hydrogen-bond acceptors (Lipinski definition) is 3. The van der Waals surface area contributed by atoms with Crippen molar-refractivity contribution >= 4 is 15.7 Å². The normalized spacial score (nSPS) is 16.0. The molecule has 132 valence electrons. The Labute approximate surface area is 149 Å². The molecule has 1 aliphatic rings. The van der Waals surface area contributed by atoms with Crippen LogP contribution in [-0.4, -0.2) is 27.1 Å². The zero-order chi connectivity index (χ0) is 17.9. The van der Waals surface area contributed by atoms with Crippen LogP contribution in [0.1, 0.15) is 40.7 Å². The van der Waals surface area contributed by atoms with Crippen LogP contribution in [0.25, 0.3) is 0 Å². The molecule has 1 aliphatic carbocycles. The molecule has 1 N–H and O–H groups in total. The molecule has 1 saturated carbocycles. The number of carbonyl (C=O) groups is 1. The first-order chi connectivity index (χ1) is 11.9. The minimum atomic E-state index is -3.12. The van der Waals surface area contributed by atoms with Crippen molar-refractivity contribution in [2.75, 3.05) is 12.8 Å². The van der Waals surface area contributed by atoms with Crippen LogP contribution in [-0.2, 0) is 21.0 Å². The lowest BCUT2D eigenvalue weighted by Gasteiger charge is -2.42. The van der Waals surface area contributed by atoms with E-state index in [0.717, 1.165) is 12.8 Å². The van der Waals surface area contributed by atoms with Crippen LogP contribution < -0.4 is 5.32 Å². The number of hydrogen-bond donors (Lipinski definition) is 1. The van der Waals surface area contributed by atoms with Gasteiger partial charge in [-0.3, -0.25) is 4.79 Å². The molecular formula is C20H23NO3S. The average molecular weight is 357 g/mol. The molecular weight excluding hydrogens is 334 g/mol. The Balaban J connectivity index is 1.69. The summed E-state index contributed by atoms with van der Waals surface area (Å²) in [5, 5.41) is 3.04. The van der Waals surface area contributed by atoms with Gasteiger partial charge in [-0.2, -0.15) is 0 Å². The average Bonchev–Trinajstić information content (AvgIpc) is 2.53. The molecule has 1 fully saturated rings. The van der Waals surface area contributed by atoms with Crippen molar-refractivity contribution in [3.05, 3.63) is 71.3 Å². The summed E-state index contributed by atoms with van der Waals surface area (Å²) in [7, 11) is -3.12. The Bertz CT molecular complexity index is 856. The summed E-state index contributed by atoms with van der Waals surface area (Å²) in [5.41, 5.74) is 2.44. The summed E-state index contributed by atoms with van der Waals surface area (Å²) in [5.74, 6) is -0.209. The topological polar surface area (TPSA) is 63.2 Å². The lowest BCUT2D eigenvalue weighted by molar-refractivity contribution is 0.0927. The molecule has 0 saturated heterocycles. The third kappa shape index (κ3) is 4.28. The maximum Gasteiger partial charge on any atom is 0.251 e. The summed E-state index contributed by atoms with van der Waals surface area (Å²) < 4.78 is 22.9. The number of nitrogens with one attached hydrogen (secondary N) is 1. The molecule has 5 heteroatoms. The van der Waals surface area contributed by atoms with Crippen molar-refractivity contribution in [1.29, 1.82) is 0 Å². The lowest BCUT2D eigenvalue weighted by Crippen LogP contribution is -2.45. The van der Waals surface area contributed by atoms with Crippen LogP contribution in [0.15, 0.2) is 54.6 Å². The van der Waals surface area contributed by atoms with E-state index in [2.05, 4.69) is 17.4 Å². The Morgan fingerprint density at radius 2 is 1.80 bits per heavy atom. The van der Waals surface area contributed by atoms with E-state index in [1.807, 2.05) is 18.2 Å². The Morgan fingerprint density at radius 3 is 2.40 bits per heavy atom. The maximum atomic E-state index is 12.5. The van der Waals surface area contributed by atoms with E-state index in [0.29, 0.717) is 17.7 Å². The maximum absolute atomic E-state index is 12.5. The van der Waals surface area contributed by atoms with Gasteiger partial charge in [-0.25, -0.2) is 8.42 Å². The number of carbonyl (C=O) groups excluding carboxylic acids is 1. The van der Waals surface area contributed by atoms with E-state index >= 15 is 0 Å². The predicted molar refractivity (Wildman–Crippen MR) is 99.3 cm³/mol. The minimum absolute atomic E-state index is 0.0291. The molecule has 25 heavy (non-hydrogen) atoms. The van der Waals surface area contributed by atoms with Gasteiger partial charge in [-0.05, 0) is 36.1 Å². The van der Waals surface area contributed by atoms with E-state index in [1.165, 1.54) is 18.2 Å². The third-order valence-corrected chi connectivity index (χ3v) is 5.76. The molecule has 0 heterocycles. The van der Waals surface area contributed by atoms with Crippen molar-refractivity contribution in [2.24, 2.45) is 0 Å². The fourth-order valence-electron chi connectivity index (χ4n) is 3.42. The highest BCUT2D eigenvalue weighted by Gasteiger charge is 2.38. The van der Waals surface area contributed by atoms with Crippen LogP contribution in [0.3, 0.4) is 0 Å². The van der Waals surface area contributed by atoms with Crippen molar-refractivity contribution in [3.8, 4) is 0 Å². The van der Waals surface area contributed by atoms with Gasteiger partial charge in [-0.15, -0.1) is 0 Å². The Hall–Kier alpha value is -2.14. The minimum Gasteiger partial charge on any atom is -0.351 e. The van der Waals surface area contributed by atoms with Crippen LogP contribution in [0.5, 0.6) is 0 Å². The van der Waals surface area contributed by atoms with Crippen molar-refractivity contribution < 1.29 is 13.2 Å². The van der Waals surface area contributed by atoms with E-state index in [9.17, 15) is 13.2 Å². The molecule has 0 spiro atoms. The Morgan fingerprint density at radius 1 is 1.08 bits per heavy atom. The fourth-order valence-corrected chi connectivity index (χ4v) is 4.20. The molecule has 2 aromatic rings. The van der Waals surface area contributed by atoms with E-state index in [4.69, 9.17) is 0 Å². The molecule has 3 rings (SSSR count). The summed E-state index contributed by atoms with van der Waals surface area (Å²) in [6.45, 7) is 0.603. The van der Waals surface area contributed by atoms with Gasteiger partial charge >= 0.3 is 0 Å². The molecule has 0 aromatic heterocycles. The number of amides is 1. The lowest BCUT2D eigenvalue weighted by atomic mass is 9.64. The van der Waals surface area contributed by atoms with Crippen molar-refractivity contribution in [1.82, 2.24) is 5.32 Å². The van der Waals surface area contributed by atoms with Gasteiger partial charge in [0, 0.05) is 23.8 Å². The number of rotatable bonds is 6. The molecule has 4 nitrogen and oxygen atoms in total. The van der Waals surface area contributed by atoms with Crippen LogP contribution in [0.2, 0.25) is 0 Å². The SMILES string of the molecule is CS(=O)(=O)Cc1cccc(C(=O)NCC2(c3ccccc3)CCC2)c1. The molecule has 2 aromatic carbocycles. The first kappa shape index (κ1) is 17.7. The summed E-state index contributed by atoms with van der Waals surface area (Å²) in [6.07, 6.45) is 4.52. The second kappa shape index (κ2) is 7.00. The summed E-state index contributed by atoms with van der Waals surface area (Å²) in [6, 6.07) is 17.2. The van der Waals surface area contributed by atoms with Crippen LogP contribution in [0.4, 0.5) is 0 Å². The fraction of sp³-hybridized carbons (Fsp3) is 0.350. The van der Waals surface area contributed by atoms with Gasteiger partial charge in [0.05, 0.1) is 5.75 Å². The third-order valence-electron chi connectivity index (χ3n) is 4.90. The largest absolute Gasteiger partial charge is 0.351 e. The van der Waals surface area contributed by atoms with Crippen LogP contribution >= 0.6 is 0 Å². The quantitative estimate of drug-likeness (QED) is 0.864. The van der Waals surface area contributed by atoms with Gasteiger partial charge in [-0.1, -0.05) is 48.9 Å². The zero-order valence-electron chi connectivity index (χ0n) is 14.4. The second-order valence-electron chi connectivity index (χ2n) is 6.95. The molecule has 0 bridgehead atoms. The molecule has 0 aliphatic heterocycles. The molecule has 0 atom stereocenters. The summed E-state index contributed by atoms with van der Waals surface area (Å²) in [4.78, 5) is 12.5. The zero-order valence-corrected chi connectivity index (χ0v) is 15.2. The molecule has 0 radical (unpaired) electrons.